The summed E-state index contributed by atoms with van der Waals surface area (Å²) in [4.78, 5) is 39.7. The fourth-order valence-corrected chi connectivity index (χ4v) is 4.91. The van der Waals surface area contributed by atoms with Gasteiger partial charge in [-0.3, -0.25) is 14.5 Å². The Balaban J connectivity index is 1.68. The van der Waals surface area contributed by atoms with Crippen LogP contribution in [0, 0.1) is 0 Å². The van der Waals surface area contributed by atoms with E-state index in [2.05, 4.69) is 0 Å². The van der Waals surface area contributed by atoms with Gasteiger partial charge in [0, 0.05) is 23.6 Å². The molecular formula is C19H19N3O4S. The Morgan fingerprint density at radius 1 is 1.26 bits per heavy atom. The summed E-state index contributed by atoms with van der Waals surface area (Å²) in [7, 11) is 0. The number of carboxylic acid groups (broad SMARTS) is 1. The van der Waals surface area contributed by atoms with Gasteiger partial charge in [-0.2, -0.15) is 0 Å². The SMILES string of the molecule is N[C@@H]1C(=O)N2C(C(=O)O)=C(C=C3CCCN(c4ccccc4)C3=O)CS[C@H]12. The molecule has 3 heterocycles. The maximum absolute atomic E-state index is 12.9. The number of carbonyl (C=O) groups excluding carboxylic acids is 2. The molecule has 3 N–H and O–H groups in total. The maximum atomic E-state index is 12.9. The Hall–Kier alpha value is -2.58. The largest absolute Gasteiger partial charge is 0.477 e. The van der Waals surface area contributed by atoms with Gasteiger partial charge >= 0.3 is 5.97 Å². The lowest BCUT2D eigenvalue weighted by molar-refractivity contribution is -0.147. The number of allylic oxidation sites excluding steroid dienone is 1. The Bertz CT molecular complexity index is 880. The third-order valence-corrected chi connectivity index (χ3v) is 6.33. The molecule has 0 spiro atoms. The molecule has 8 heteroatoms. The van der Waals surface area contributed by atoms with Crippen molar-refractivity contribution < 1.29 is 19.5 Å². The van der Waals surface area contributed by atoms with E-state index in [0.29, 0.717) is 29.9 Å². The predicted molar refractivity (Wildman–Crippen MR) is 102 cm³/mol. The number of β-lactam (4-membered cyclic amide) rings is 1. The van der Waals surface area contributed by atoms with Crippen LogP contribution in [0.4, 0.5) is 5.69 Å². The molecule has 0 saturated carbocycles. The van der Waals surface area contributed by atoms with Crippen LogP contribution in [0.25, 0.3) is 0 Å². The first-order valence-electron chi connectivity index (χ1n) is 8.73. The Morgan fingerprint density at radius 2 is 2.00 bits per heavy atom. The van der Waals surface area contributed by atoms with E-state index < -0.39 is 12.0 Å². The minimum atomic E-state index is -1.17. The number of piperidine rings is 1. The standard InChI is InChI=1S/C19H19N3O4S/c20-14-17(24)22-15(19(25)26)12(10-27-18(14)22)9-11-5-4-8-21(16(11)23)13-6-2-1-3-7-13/h1-3,6-7,9,14,18H,4-5,8,10,20H2,(H,25,26)/t14-,18-/m1/s1. The van der Waals surface area contributed by atoms with Crippen LogP contribution < -0.4 is 10.6 Å². The second kappa shape index (κ2) is 6.86. The van der Waals surface area contributed by atoms with E-state index in [1.54, 1.807) is 11.0 Å². The molecule has 3 aliphatic heterocycles. The van der Waals surface area contributed by atoms with Crippen LogP contribution in [-0.2, 0) is 14.4 Å². The van der Waals surface area contributed by atoms with Gasteiger partial charge < -0.3 is 15.7 Å². The highest BCUT2D eigenvalue weighted by atomic mass is 32.2. The van der Waals surface area contributed by atoms with E-state index in [4.69, 9.17) is 5.73 Å². The van der Waals surface area contributed by atoms with Crippen LogP contribution in [0.1, 0.15) is 12.8 Å². The molecule has 7 nitrogen and oxygen atoms in total. The number of nitrogens with zero attached hydrogens (tertiary/aromatic N) is 2. The summed E-state index contributed by atoms with van der Waals surface area (Å²) in [5.74, 6) is -1.27. The minimum Gasteiger partial charge on any atom is -0.477 e. The van der Waals surface area contributed by atoms with Gasteiger partial charge in [0.05, 0.1) is 0 Å². The molecule has 0 aromatic heterocycles. The van der Waals surface area contributed by atoms with Gasteiger partial charge in [0.15, 0.2) is 0 Å². The fraction of sp³-hybridized carbons (Fsp3) is 0.316. The maximum Gasteiger partial charge on any atom is 0.352 e. The molecule has 27 heavy (non-hydrogen) atoms. The summed E-state index contributed by atoms with van der Waals surface area (Å²) >= 11 is 1.43. The Morgan fingerprint density at radius 3 is 2.70 bits per heavy atom. The second-order valence-corrected chi connectivity index (χ2v) is 7.79. The number of hydrogen-bond donors (Lipinski definition) is 2. The lowest BCUT2D eigenvalue weighted by Crippen LogP contribution is -2.68. The number of carboxylic acids is 1. The molecule has 1 aromatic rings. The van der Waals surface area contributed by atoms with E-state index in [9.17, 15) is 19.5 Å². The highest BCUT2D eigenvalue weighted by Gasteiger charge is 2.51. The zero-order valence-corrected chi connectivity index (χ0v) is 15.3. The number of thioether (sulfide) groups is 1. The average molecular weight is 385 g/mol. The number of amides is 2. The molecule has 3 aliphatic rings. The van der Waals surface area contributed by atoms with E-state index in [1.165, 1.54) is 16.7 Å². The van der Waals surface area contributed by atoms with Gasteiger partial charge in [-0.1, -0.05) is 18.2 Å². The quantitative estimate of drug-likeness (QED) is 0.601. The highest BCUT2D eigenvalue weighted by Crippen LogP contribution is 2.40. The van der Waals surface area contributed by atoms with Gasteiger partial charge in [0.2, 0.25) is 5.91 Å². The van der Waals surface area contributed by atoms with Crippen molar-refractivity contribution in [1.29, 1.82) is 0 Å². The molecule has 0 unspecified atom stereocenters. The van der Waals surface area contributed by atoms with Crippen molar-refractivity contribution in [2.45, 2.75) is 24.3 Å². The van der Waals surface area contributed by atoms with Crippen molar-refractivity contribution >= 4 is 35.2 Å². The molecular weight excluding hydrogens is 366 g/mol. The summed E-state index contributed by atoms with van der Waals surface area (Å²) in [5.41, 5.74) is 7.59. The van der Waals surface area contributed by atoms with Crippen LogP contribution in [0.5, 0.6) is 0 Å². The van der Waals surface area contributed by atoms with Crippen LogP contribution in [0.3, 0.4) is 0 Å². The van der Waals surface area contributed by atoms with E-state index >= 15 is 0 Å². The van der Waals surface area contributed by atoms with Gasteiger partial charge in [0.1, 0.15) is 17.1 Å². The summed E-state index contributed by atoms with van der Waals surface area (Å²) in [6.07, 6.45) is 3.03. The molecule has 0 radical (unpaired) electrons. The lowest BCUT2D eigenvalue weighted by Gasteiger charge is -2.47. The van der Waals surface area contributed by atoms with Crippen molar-refractivity contribution in [2.24, 2.45) is 5.73 Å². The first kappa shape index (κ1) is 17.8. The highest BCUT2D eigenvalue weighted by molar-refractivity contribution is 8.00. The number of rotatable bonds is 3. The second-order valence-electron chi connectivity index (χ2n) is 6.68. The molecule has 2 saturated heterocycles. The predicted octanol–water partition coefficient (Wildman–Crippen LogP) is 1.32. The number of benzene rings is 1. The molecule has 2 amide bonds. The summed E-state index contributed by atoms with van der Waals surface area (Å²) in [6, 6.07) is 8.74. The minimum absolute atomic E-state index is 0.0532. The monoisotopic (exact) mass is 385 g/mol. The van der Waals surface area contributed by atoms with Gasteiger partial charge in [-0.15, -0.1) is 11.8 Å². The topological polar surface area (TPSA) is 104 Å². The number of fused-ring (bicyclic) bond motifs is 1. The van der Waals surface area contributed by atoms with Crippen LogP contribution in [0.15, 0.2) is 53.3 Å². The van der Waals surface area contributed by atoms with Gasteiger partial charge in [0.25, 0.3) is 5.91 Å². The first-order chi connectivity index (χ1) is 13.0. The number of hydrogen-bond acceptors (Lipinski definition) is 5. The summed E-state index contributed by atoms with van der Waals surface area (Å²) in [5, 5.41) is 9.29. The third kappa shape index (κ3) is 2.94. The summed E-state index contributed by atoms with van der Waals surface area (Å²) in [6.45, 7) is 0.626. The van der Waals surface area contributed by atoms with Crippen molar-refractivity contribution in [3.8, 4) is 0 Å². The molecule has 1 aromatic carbocycles. The number of nitrogens with two attached hydrogens (primary N) is 1. The summed E-state index contributed by atoms with van der Waals surface area (Å²) < 4.78 is 0. The Labute approximate surface area is 160 Å². The Kier molecular flexibility index (Phi) is 4.53. The van der Waals surface area contributed by atoms with Crippen LogP contribution in [0.2, 0.25) is 0 Å². The van der Waals surface area contributed by atoms with Crippen molar-refractivity contribution in [2.75, 3.05) is 17.2 Å². The first-order valence-corrected chi connectivity index (χ1v) is 9.78. The van der Waals surface area contributed by atoms with Gasteiger partial charge in [-0.05, 0) is 36.6 Å². The average Bonchev–Trinajstić information content (AvgIpc) is 2.69. The number of carbonyl (C=O) groups is 3. The van der Waals surface area contributed by atoms with Crippen molar-refractivity contribution in [1.82, 2.24) is 4.90 Å². The molecule has 2 atom stereocenters. The molecule has 2 fully saturated rings. The van der Waals surface area contributed by atoms with Crippen molar-refractivity contribution in [3.63, 3.8) is 0 Å². The van der Waals surface area contributed by atoms with E-state index in [0.717, 1.165) is 12.1 Å². The normalized spacial score (nSPS) is 26.9. The molecule has 4 rings (SSSR count). The van der Waals surface area contributed by atoms with Gasteiger partial charge in [-0.25, -0.2) is 4.79 Å². The number of anilines is 1. The number of aliphatic carboxylic acids is 1. The lowest BCUT2D eigenvalue weighted by atomic mass is 9.98. The third-order valence-electron chi connectivity index (χ3n) is 5.01. The number of para-hydroxylation sites is 1. The molecule has 0 aliphatic carbocycles. The fourth-order valence-electron chi connectivity index (χ4n) is 3.66. The van der Waals surface area contributed by atoms with Crippen LogP contribution in [-0.4, -0.2) is 51.5 Å². The zero-order chi connectivity index (χ0) is 19.1. The molecule has 140 valence electrons. The zero-order valence-electron chi connectivity index (χ0n) is 14.5. The van der Waals surface area contributed by atoms with E-state index in [1.807, 2.05) is 30.3 Å². The van der Waals surface area contributed by atoms with Crippen LogP contribution >= 0.6 is 11.8 Å². The molecule has 0 bridgehead atoms. The van der Waals surface area contributed by atoms with E-state index in [-0.39, 0.29) is 22.9 Å². The smallest absolute Gasteiger partial charge is 0.352 e. The van der Waals surface area contributed by atoms with Crippen molar-refractivity contribution in [3.05, 3.63) is 53.3 Å².